The number of fused-ring (bicyclic) bond motifs is 1. The van der Waals surface area contributed by atoms with Crippen molar-refractivity contribution < 1.29 is 9.53 Å². The summed E-state index contributed by atoms with van der Waals surface area (Å²) in [5, 5.41) is 0. The number of piperazine rings is 1. The number of para-hydroxylation sites is 2. The summed E-state index contributed by atoms with van der Waals surface area (Å²) < 4.78 is 5.64. The number of amides is 1. The molecule has 1 saturated heterocycles. The van der Waals surface area contributed by atoms with Crippen LogP contribution in [-0.2, 0) is 4.79 Å². The van der Waals surface area contributed by atoms with Crippen molar-refractivity contribution in [3.63, 3.8) is 0 Å². The number of carbonyl (C=O) groups is 1. The molecule has 0 bridgehead atoms. The molecule has 0 aliphatic carbocycles. The lowest BCUT2D eigenvalue weighted by molar-refractivity contribution is -0.120. The summed E-state index contributed by atoms with van der Waals surface area (Å²) in [7, 11) is 0. The highest BCUT2D eigenvalue weighted by atomic mass is 16.5. The SMILES string of the molecule is Cc1cc(N2CCN(CC(=O)N3CCOc4ccccc43)CC2)nc(N)n1. The summed E-state index contributed by atoms with van der Waals surface area (Å²) in [6.07, 6.45) is 0. The number of aromatic nitrogens is 2. The number of aryl methyl sites for hydroxylation is 1. The minimum Gasteiger partial charge on any atom is -0.490 e. The van der Waals surface area contributed by atoms with Crippen LogP contribution in [0.3, 0.4) is 0 Å². The molecule has 8 nitrogen and oxygen atoms in total. The predicted octanol–water partition coefficient (Wildman–Crippen LogP) is 0.915. The number of ether oxygens (including phenoxy) is 1. The van der Waals surface area contributed by atoms with Crippen LogP contribution in [0.15, 0.2) is 30.3 Å². The number of carbonyl (C=O) groups excluding carboxylic acids is 1. The molecule has 1 fully saturated rings. The Morgan fingerprint density at radius 3 is 2.70 bits per heavy atom. The molecular formula is C19H24N6O2. The summed E-state index contributed by atoms with van der Waals surface area (Å²) in [6, 6.07) is 9.65. The summed E-state index contributed by atoms with van der Waals surface area (Å²) in [4.78, 5) is 27.5. The third kappa shape index (κ3) is 3.80. The highest BCUT2D eigenvalue weighted by Crippen LogP contribution is 2.31. The fraction of sp³-hybridized carbons (Fsp3) is 0.421. The van der Waals surface area contributed by atoms with Gasteiger partial charge in [0.15, 0.2) is 0 Å². The van der Waals surface area contributed by atoms with Crippen molar-refractivity contribution in [3.05, 3.63) is 36.0 Å². The van der Waals surface area contributed by atoms with Gasteiger partial charge in [0.2, 0.25) is 11.9 Å². The van der Waals surface area contributed by atoms with Gasteiger partial charge in [-0.2, -0.15) is 4.98 Å². The zero-order chi connectivity index (χ0) is 18.8. The molecule has 8 heteroatoms. The van der Waals surface area contributed by atoms with Crippen LogP contribution in [0, 0.1) is 6.92 Å². The molecule has 0 spiro atoms. The van der Waals surface area contributed by atoms with Gasteiger partial charge in [-0.05, 0) is 19.1 Å². The van der Waals surface area contributed by atoms with E-state index in [0.29, 0.717) is 25.6 Å². The molecule has 0 saturated carbocycles. The van der Waals surface area contributed by atoms with E-state index in [1.54, 1.807) is 0 Å². The molecule has 2 aliphatic heterocycles. The second-order valence-electron chi connectivity index (χ2n) is 6.85. The van der Waals surface area contributed by atoms with Crippen molar-refractivity contribution in [3.8, 4) is 5.75 Å². The third-order valence-corrected chi connectivity index (χ3v) is 4.94. The van der Waals surface area contributed by atoms with Crippen LogP contribution in [0.5, 0.6) is 5.75 Å². The van der Waals surface area contributed by atoms with Gasteiger partial charge in [0, 0.05) is 37.9 Å². The van der Waals surface area contributed by atoms with Crippen LogP contribution in [0.25, 0.3) is 0 Å². The maximum atomic E-state index is 12.8. The monoisotopic (exact) mass is 368 g/mol. The fourth-order valence-electron chi connectivity index (χ4n) is 3.58. The van der Waals surface area contributed by atoms with Gasteiger partial charge in [-0.15, -0.1) is 0 Å². The number of rotatable bonds is 3. The van der Waals surface area contributed by atoms with Gasteiger partial charge in [0.1, 0.15) is 18.2 Å². The highest BCUT2D eigenvalue weighted by molar-refractivity contribution is 5.96. The predicted molar refractivity (Wildman–Crippen MR) is 104 cm³/mol. The molecule has 0 atom stereocenters. The van der Waals surface area contributed by atoms with Crippen molar-refractivity contribution in [2.24, 2.45) is 0 Å². The zero-order valence-electron chi connectivity index (χ0n) is 15.5. The van der Waals surface area contributed by atoms with E-state index in [1.165, 1.54) is 0 Å². The number of nitrogen functional groups attached to an aromatic ring is 1. The summed E-state index contributed by atoms with van der Waals surface area (Å²) >= 11 is 0. The molecule has 2 aromatic rings. The Kier molecular flexibility index (Phi) is 4.81. The Balaban J connectivity index is 1.36. The number of nitrogens with two attached hydrogens (primary N) is 1. The lowest BCUT2D eigenvalue weighted by Crippen LogP contribution is -2.51. The molecule has 1 amide bonds. The first-order valence-electron chi connectivity index (χ1n) is 9.21. The van der Waals surface area contributed by atoms with Gasteiger partial charge in [0.25, 0.3) is 0 Å². The van der Waals surface area contributed by atoms with Crippen LogP contribution in [0.4, 0.5) is 17.5 Å². The number of hydrogen-bond acceptors (Lipinski definition) is 7. The molecule has 4 rings (SSSR count). The lowest BCUT2D eigenvalue weighted by Gasteiger charge is -2.36. The van der Waals surface area contributed by atoms with Crippen molar-refractivity contribution in [1.29, 1.82) is 0 Å². The Morgan fingerprint density at radius 1 is 1.15 bits per heavy atom. The van der Waals surface area contributed by atoms with Gasteiger partial charge in [-0.3, -0.25) is 9.69 Å². The third-order valence-electron chi connectivity index (χ3n) is 4.94. The van der Waals surface area contributed by atoms with Gasteiger partial charge in [0.05, 0.1) is 18.8 Å². The minimum atomic E-state index is 0.112. The quantitative estimate of drug-likeness (QED) is 0.862. The largest absolute Gasteiger partial charge is 0.490 e. The Morgan fingerprint density at radius 2 is 1.93 bits per heavy atom. The van der Waals surface area contributed by atoms with Crippen molar-refractivity contribution in [2.75, 3.05) is 61.4 Å². The Bertz CT molecular complexity index is 814. The highest BCUT2D eigenvalue weighted by Gasteiger charge is 2.26. The standard InChI is InChI=1S/C19H24N6O2/c1-14-12-17(22-19(20)21-14)24-8-6-23(7-9-24)13-18(26)25-10-11-27-16-5-3-2-4-15(16)25/h2-5,12H,6-11,13H2,1H3,(H2,20,21,22). The van der Waals surface area contributed by atoms with Crippen molar-refractivity contribution in [2.45, 2.75) is 6.92 Å². The van der Waals surface area contributed by atoms with Gasteiger partial charge >= 0.3 is 0 Å². The van der Waals surface area contributed by atoms with E-state index in [0.717, 1.165) is 49.1 Å². The maximum Gasteiger partial charge on any atom is 0.241 e. The van der Waals surface area contributed by atoms with E-state index < -0.39 is 0 Å². The molecule has 1 aromatic carbocycles. The molecule has 2 aliphatic rings. The summed E-state index contributed by atoms with van der Waals surface area (Å²) in [6.45, 7) is 6.68. The average molecular weight is 368 g/mol. The summed E-state index contributed by atoms with van der Waals surface area (Å²) in [5.41, 5.74) is 7.48. The molecule has 0 unspecified atom stereocenters. The van der Waals surface area contributed by atoms with Crippen LogP contribution in [-0.4, -0.2) is 66.7 Å². The first-order chi connectivity index (χ1) is 13.1. The van der Waals surface area contributed by atoms with Crippen LogP contribution < -0.4 is 20.3 Å². The van der Waals surface area contributed by atoms with Gasteiger partial charge in [-0.25, -0.2) is 4.98 Å². The van der Waals surface area contributed by atoms with Crippen molar-refractivity contribution >= 4 is 23.4 Å². The average Bonchev–Trinajstić information content (AvgIpc) is 2.67. The topological polar surface area (TPSA) is 87.8 Å². The van der Waals surface area contributed by atoms with E-state index in [9.17, 15) is 4.79 Å². The molecular weight excluding hydrogens is 344 g/mol. The van der Waals surface area contributed by atoms with E-state index in [2.05, 4.69) is 19.8 Å². The normalized spacial score (nSPS) is 17.4. The van der Waals surface area contributed by atoms with E-state index in [-0.39, 0.29) is 5.91 Å². The Hall–Kier alpha value is -2.87. The summed E-state index contributed by atoms with van der Waals surface area (Å²) in [5.74, 6) is 2.04. The van der Waals surface area contributed by atoms with Gasteiger partial charge in [-0.1, -0.05) is 12.1 Å². The molecule has 0 radical (unpaired) electrons. The van der Waals surface area contributed by atoms with E-state index in [4.69, 9.17) is 10.5 Å². The molecule has 3 heterocycles. The number of nitrogens with zero attached hydrogens (tertiary/aromatic N) is 5. The van der Waals surface area contributed by atoms with Crippen LogP contribution >= 0.6 is 0 Å². The van der Waals surface area contributed by atoms with E-state index in [1.807, 2.05) is 42.2 Å². The van der Waals surface area contributed by atoms with Crippen molar-refractivity contribution in [1.82, 2.24) is 14.9 Å². The molecule has 1 aromatic heterocycles. The maximum absolute atomic E-state index is 12.8. The number of hydrogen-bond donors (Lipinski definition) is 1. The number of anilines is 3. The minimum absolute atomic E-state index is 0.112. The smallest absolute Gasteiger partial charge is 0.241 e. The lowest BCUT2D eigenvalue weighted by atomic mass is 10.2. The van der Waals surface area contributed by atoms with Crippen LogP contribution in [0.1, 0.15) is 5.69 Å². The van der Waals surface area contributed by atoms with Crippen LogP contribution in [0.2, 0.25) is 0 Å². The second kappa shape index (κ2) is 7.40. The van der Waals surface area contributed by atoms with Gasteiger partial charge < -0.3 is 20.3 Å². The fourth-order valence-corrected chi connectivity index (χ4v) is 3.58. The number of benzene rings is 1. The second-order valence-corrected chi connectivity index (χ2v) is 6.85. The zero-order valence-corrected chi connectivity index (χ0v) is 15.5. The Labute approximate surface area is 158 Å². The first-order valence-corrected chi connectivity index (χ1v) is 9.21. The first kappa shape index (κ1) is 17.5. The molecule has 2 N–H and O–H groups in total. The molecule has 27 heavy (non-hydrogen) atoms. The molecule has 142 valence electrons. The van der Waals surface area contributed by atoms with E-state index >= 15 is 0 Å².